The van der Waals surface area contributed by atoms with Crippen molar-refractivity contribution >= 4 is 17.4 Å². The number of anilines is 1. The second kappa shape index (κ2) is 6.79. The predicted octanol–water partition coefficient (Wildman–Crippen LogP) is 2.66. The molecule has 6 nitrogen and oxygen atoms in total. The van der Waals surface area contributed by atoms with Crippen LogP contribution in [0.15, 0.2) is 30.5 Å². The monoisotopic (exact) mass is 356 g/mol. The van der Waals surface area contributed by atoms with Gasteiger partial charge in [0.05, 0.1) is 16.7 Å². The van der Waals surface area contributed by atoms with E-state index in [-0.39, 0.29) is 6.79 Å². The summed E-state index contributed by atoms with van der Waals surface area (Å²) >= 11 is 6.26. The lowest BCUT2D eigenvalue weighted by Gasteiger charge is -2.35. The molecule has 0 saturated carbocycles. The summed E-state index contributed by atoms with van der Waals surface area (Å²) < 4.78 is 10.8. The molecule has 0 aliphatic carbocycles. The SMILES string of the molecule is N#Cc1ccnc(N2CCN(Cc3cc(Cl)c4c(c3)OCO4)CC2)c1. The van der Waals surface area contributed by atoms with Crippen LogP contribution in [0.3, 0.4) is 0 Å². The molecule has 0 amide bonds. The number of ether oxygens (including phenoxy) is 2. The number of fused-ring (bicyclic) bond motifs is 1. The highest BCUT2D eigenvalue weighted by molar-refractivity contribution is 6.32. The number of pyridine rings is 1. The summed E-state index contributed by atoms with van der Waals surface area (Å²) in [5.41, 5.74) is 1.76. The van der Waals surface area contributed by atoms with E-state index in [1.807, 2.05) is 18.2 Å². The van der Waals surface area contributed by atoms with Crippen LogP contribution in [0, 0.1) is 11.3 Å². The first kappa shape index (κ1) is 16.0. The Balaban J connectivity index is 1.39. The quantitative estimate of drug-likeness (QED) is 0.842. The van der Waals surface area contributed by atoms with Gasteiger partial charge in [-0.2, -0.15) is 5.26 Å². The Hall–Kier alpha value is -2.49. The maximum atomic E-state index is 9.02. The van der Waals surface area contributed by atoms with Gasteiger partial charge in [-0.05, 0) is 29.8 Å². The number of rotatable bonds is 3. The number of halogens is 1. The molecule has 1 aromatic carbocycles. The Labute approximate surface area is 151 Å². The van der Waals surface area contributed by atoms with Crippen molar-refractivity contribution in [1.82, 2.24) is 9.88 Å². The van der Waals surface area contributed by atoms with E-state index in [1.54, 1.807) is 12.3 Å². The van der Waals surface area contributed by atoms with Gasteiger partial charge >= 0.3 is 0 Å². The average molecular weight is 357 g/mol. The van der Waals surface area contributed by atoms with Gasteiger partial charge in [0.15, 0.2) is 11.5 Å². The van der Waals surface area contributed by atoms with Crippen LogP contribution in [0.5, 0.6) is 11.5 Å². The number of piperazine rings is 1. The topological polar surface area (TPSA) is 61.6 Å². The van der Waals surface area contributed by atoms with E-state index in [9.17, 15) is 0 Å². The highest BCUT2D eigenvalue weighted by Gasteiger charge is 2.21. The molecule has 3 heterocycles. The summed E-state index contributed by atoms with van der Waals surface area (Å²) in [6.07, 6.45) is 1.69. The molecule has 0 bridgehead atoms. The fourth-order valence-electron chi connectivity index (χ4n) is 3.17. The van der Waals surface area contributed by atoms with Crippen LogP contribution in [-0.2, 0) is 6.54 Å². The molecule has 0 spiro atoms. The summed E-state index contributed by atoms with van der Waals surface area (Å²) in [5.74, 6) is 2.22. The van der Waals surface area contributed by atoms with Crippen molar-refractivity contribution in [3.8, 4) is 17.6 Å². The number of hydrogen-bond donors (Lipinski definition) is 0. The second-order valence-electron chi connectivity index (χ2n) is 6.09. The van der Waals surface area contributed by atoms with Crippen LogP contribution in [0.25, 0.3) is 0 Å². The van der Waals surface area contributed by atoms with E-state index >= 15 is 0 Å². The van der Waals surface area contributed by atoms with Crippen LogP contribution in [0.2, 0.25) is 5.02 Å². The van der Waals surface area contributed by atoms with Gasteiger partial charge in [-0.1, -0.05) is 11.6 Å². The normalized spacial score (nSPS) is 16.7. The van der Waals surface area contributed by atoms with Crippen molar-refractivity contribution < 1.29 is 9.47 Å². The zero-order valence-corrected chi connectivity index (χ0v) is 14.4. The van der Waals surface area contributed by atoms with Gasteiger partial charge in [-0.15, -0.1) is 0 Å². The van der Waals surface area contributed by atoms with Crippen LogP contribution in [0.4, 0.5) is 5.82 Å². The highest BCUT2D eigenvalue weighted by Crippen LogP contribution is 2.40. The van der Waals surface area contributed by atoms with Gasteiger partial charge in [-0.3, -0.25) is 4.90 Å². The predicted molar refractivity (Wildman–Crippen MR) is 94.0 cm³/mol. The number of aromatic nitrogens is 1. The van der Waals surface area contributed by atoms with Crippen LogP contribution in [-0.4, -0.2) is 42.9 Å². The van der Waals surface area contributed by atoms with Crippen LogP contribution in [0.1, 0.15) is 11.1 Å². The summed E-state index contributed by atoms with van der Waals surface area (Å²) in [5, 5.41) is 9.62. The highest BCUT2D eigenvalue weighted by atomic mass is 35.5. The van der Waals surface area contributed by atoms with Gasteiger partial charge in [0.1, 0.15) is 5.82 Å². The molecule has 128 valence electrons. The summed E-state index contributed by atoms with van der Waals surface area (Å²) in [6, 6.07) is 9.67. The van der Waals surface area contributed by atoms with E-state index in [0.29, 0.717) is 16.3 Å². The van der Waals surface area contributed by atoms with Gasteiger partial charge < -0.3 is 14.4 Å². The molecule has 25 heavy (non-hydrogen) atoms. The molecular formula is C18H17ClN4O2. The molecule has 1 fully saturated rings. The zero-order chi connectivity index (χ0) is 17.2. The molecule has 0 radical (unpaired) electrons. The number of hydrogen-bond acceptors (Lipinski definition) is 6. The molecular weight excluding hydrogens is 340 g/mol. The minimum Gasteiger partial charge on any atom is -0.454 e. The summed E-state index contributed by atoms with van der Waals surface area (Å²) in [6.45, 7) is 4.64. The molecule has 1 saturated heterocycles. The third-order valence-electron chi connectivity index (χ3n) is 4.46. The van der Waals surface area contributed by atoms with E-state index in [2.05, 4.69) is 20.9 Å². The fraction of sp³-hybridized carbons (Fsp3) is 0.333. The van der Waals surface area contributed by atoms with E-state index in [4.69, 9.17) is 26.3 Å². The smallest absolute Gasteiger partial charge is 0.231 e. The first-order chi connectivity index (χ1) is 12.2. The summed E-state index contributed by atoms with van der Waals surface area (Å²) in [7, 11) is 0. The third-order valence-corrected chi connectivity index (χ3v) is 4.74. The number of nitrogens with zero attached hydrogens (tertiary/aromatic N) is 4. The Kier molecular flexibility index (Phi) is 4.35. The summed E-state index contributed by atoms with van der Waals surface area (Å²) in [4.78, 5) is 8.97. The average Bonchev–Trinajstić information content (AvgIpc) is 3.11. The molecule has 0 unspecified atom stereocenters. The van der Waals surface area contributed by atoms with Crippen LogP contribution >= 0.6 is 11.6 Å². The minimum atomic E-state index is 0.228. The van der Waals surface area contributed by atoms with E-state index in [1.165, 1.54) is 0 Å². The lowest BCUT2D eigenvalue weighted by Crippen LogP contribution is -2.46. The van der Waals surface area contributed by atoms with Crippen LogP contribution < -0.4 is 14.4 Å². The molecule has 0 atom stereocenters. The van der Waals surface area contributed by atoms with Crippen molar-refractivity contribution in [2.45, 2.75) is 6.54 Å². The third kappa shape index (κ3) is 3.34. The van der Waals surface area contributed by atoms with E-state index < -0.39 is 0 Å². The Morgan fingerprint density at radius 1 is 1.16 bits per heavy atom. The van der Waals surface area contributed by atoms with Crippen molar-refractivity contribution in [2.75, 3.05) is 37.9 Å². The van der Waals surface area contributed by atoms with Crippen molar-refractivity contribution in [3.63, 3.8) is 0 Å². The maximum Gasteiger partial charge on any atom is 0.231 e. The first-order valence-corrected chi connectivity index (χ1v) is 8.52. The van der Waals surface area contributed by atoms with Crippen molar-refractivity contribution in [1.29, 1.82) is 5.26 Å². The number of nitriles is 1. The standard InChI is InChI=1S/C18H17ClN4O2/c19-15-7-14(8-16-18(15)25-12-24-16)11-22-3-5-23(6-4-22)17-9-13(10-20)1-2-21-17/h1-2,7-9H,3-6,11-12H2. The lowest BCUT2D eigenvalue weighted by atomic mass is 10.1. The molecule has 2 aliphatic heterocycles. The lowest BCUT2D eigenvalue weighted by molar-refractivity contribution is 0.174. The van der Waals surface area contributed by atoms with Crippen molar-refractivity contribution in [2.24, 2.45) is 0 Å². The molecule has 2 aliphatic rings. The largest absolute Gasteiger partial charge is 0.454 e. The fourth-order valence-corrected chi connectivity index (χ4v) is 3.45. The molecule has 2 aromatic rings. The first-order valence-electron chi connectivity index (χ1n) is 8.14. The van der Waals surface area contributed by atoms with Gasteiger partial charge in [-0.25, -0.2) is 4.98 Å². The zero-order valence-electron chi connectivity index (χ0n) is 13.6. The van der Waals surface area contributed by atoms with Gasteiger partial charge in [0.25, 0.3) is 0 Å². The van der Waals surface area contributed by atoms with E-state index in [0.717, 1.165) is 49.9 Å². The molecule has 4 rings (SSSR count). The minimum absolute atomic E-state index is 0.228. The molecule has 1 aromatic heterocycles. The molecule has 0 N–H and O–H groups in total. The van der Waals surface area contributed by atoms with Gasteiger partial charge in [0.2, 0.25) is 6.79 Å². The Morgan fingerprint density at radius 3 is 2.80 bits per heavy atom. The second-order valence-corrected chi connectivity index (χ2v) is 6.50. The Morgan fingerprint density at radius 2 is 2.00 bits per heavy atom. The van der Waals surface area contributed by atoms with Crippen molar-refractivity contribution in [3.05, 3.63) is 46.6 Å². The van der Waals surface area contributed by atoms with Gasteiger partial charge in [0, 0.05) is 38.9 Å². The number of benzene rings is 1. The Bertz CT molecular complexity index is 828. The maximum absolute atomic E-state index is 9.02. The molecule has 7 heteroatoms.